The van der Waals surface area contributed by atoms with E-state index in [0.717, 1.165) is 8.95 Å². The Kier molecular flexibility index (Phi) is 4.60. The maximum absolute atomic E-state index is 13.7. The highest BCUT2D eigenvalue weighted by atomic mass is 79.9. The van der Waals surface area contributed by atoms with E-state index in [1.54, 1.807) is 18.2 Å². The highest BCUT2D eigenvalue weighted by Crippen LogP contribution is 2.36. The summed E-state index contributed by atoms with van der Waals surface area (Å²) in [5.74, 6) is 0.370. The van der Waals surface area contributed by atoms with Gasteiger partial charge in [-0.2, -0.15) is 0 Å². The van der Waals surface area contributed by atoms with Crippen LogP contribution in [0.25, 0.3) is 0 Å². The molecule has 2 rings (SSSR count). The molecule has 19 heavy (non-hydrogen) atoms. The summed E-state index contributed by atoms with van der Waals surface area (Å²) in [6, 6.07) is 9.87. The third-order valence-corrected chi connectivity index (χ3v) is 3.66. The van der Waals surface area contributed by atoms with Crippen molar-refractivity contribution >= 4 is 31.9 Å². The molecule has 0 bridgehead atoms. The SMILES string of the molecule is CC(O)c1c(F)cccc1Oc1ccc(Br)cc1Br. The molecule has 0 spiro atoms. The van der Waals surface area contributed by atoms with Crippen molar-refractivity contribution < 1.29 is 14.2 Å². The van der Waals surface area contributed by atoms with Gasteiger partial charge in [-0.3, -0.25) is 0 Å². The van der Waals surface area contributed by atoms with Crippen LogP contribution in [0.1, 0.15) is 18.6 Å². The predicted octanol–water partition coefficient (Wildman–Crippen LogP) is 5.20. The molecule has 2 aromatic carbocycles. The van der Waals surface area contributed by atoms with Crippen LogP contribution in [0.5, 0.6) is 11.5 Å². The van der Waals surface area contributed by atoms with E-state index < -0.39 is 11.9 Å². The first-order valence-corrected chi connectivity index (χ1v) is 7.17. The number of aliphatic hydroxyl groups is 1. The van der Waals surface area contributed by atoms with E-state index >= 15 is 0 Å². The number of benzene rings is 2. The third kappa shape index (κ3) is 3.35. The van der Waals surface area contributed by atoms with Gasteiger partial charge in [-0.25, -0.2) is 4.39 Å². The molecular formula is C14H11Br2FO2. The van der Waals surface area contributed by atoms with Gasteiger partial charge in [0, 0.05) is 4.47 Å². The Balaban J connectivity index is 2.41. The molecule has 0 radical (unpaired) electrons. The van der Waals surface area contributed by atoms with Gasteiger partial charge in [-0.15, -0.1) is 0 Å². The first-order chi connectivity index (χ1) is 8.99. The van der Waals surface area contributed by atoms with Crippen LogP contribution in [-0.2, 0) is 0 Å². The molecule has 5 heteroatoms. The molecule has 0 saturated heterocycles. The van der Waals surface area contributed by atoms with Gasteiger partial charge in [0.2, 0.25) is 0 Å². The van der Waals surface area contributed by atoms with Crippen LogP contribution in [0.3, 0.4) is 0 Å². The van der Waals surface area contributed by atoms with Gasteiger partial charge in [-0.1, -0.05) is 22.0 Å². The molecule has 0 aliphatic carbocycles. The molecular weight excluding hydrogens is 379 g/mol. The Morgan fingerprint density at radius 2 is 1.89 bits per heavy atom. The summed E-state index contributed by atoms with van der Waals surface area (Å²) in [5, 5.41) is 9.64. The summed E-state index contributed by atoms with van der Waals surface area (Å²) >= 11 is 6.72. The molecule has 0 aliphatic rings. The van der Waals surface area contributed by atoms with Crippen molar-refractivity contribution in [1.82, 2.24) is 0 Å². The fraction of sp³-hybridized carbons (Fsp3) is 0.143. The van der Waals surface area contributed by atoms with Crippen LogP contribution >= 0.6 is 31.9 Å². The molecule has 0 saturated carbocycles. The number of hydrogen-bond acceptors (Lipinski definition) is 2. The van der Waals surface area contributed by atoms with Crippen molar-refractivity contribution in [3.63, 3.8) is 0 Å². The lowest BCUT2D eigenvalue weighted by Gasteiger charge is -2.14. The number of rotatable bonds is 3. The van der Waals surface area contributed by atoms with Crippen molar-refractivity contribution in [2.75, 3.05) is 0 Å². The molecule has 0 amide bonds. The van der Waals surface area contributed by atoms with Crippen LogP contribution in [-0.4, -0.2) is 5.11 Å². The molecule has 0 aliphatic heterocycles. The predicted molar refractivity (Wildman–Crippen MR) is 78.9 cm³/mol. The fourth-order valence-electron chi connectivity index (χ4n) is 1.69. The highest BCUT2D eigenvalue weighted by molar-refractivity contribution is 9.11. The minimum Gasteiger partial charge on any atom is -0.456 e. The quantitative estimate of drug-likeness (QED) is 0.781. The van der Waals surface area contributed by atoms with Crippen molar-refractivity contribution in [2.45, 2.75) is 13.0 Å². The molecule has 1 N–H and O–H groups in total. The van der Waals surface area contributed by atoms with E-state index in [0.29, 0.717) is 11.5 Å². The lowest BCUT2D eigenvalue weighted by molar-refractivity contribution is 0.190. The van der Waals surface area contributed by atoms with E-state index in [9.17, 15) is 9.50 Å². The Morgan fingerprint density at radius 1 is 1.16 bits per heavy atom. The summed E-state index contributed by atoms with van der Waals surface area (Å²) in [5.41, 5.74) is 0.150. The summed E-state index contributed by atoms with van der Waals surface area (Å²) in [6.45, 7) is 1.50. The van der Waals surface area contributed by atoms with Gasteiger partial charge in [0.15, 0.2) is 0 Å². The van der Waals surface area contributed by atoms with E-state index in [1.165, 1.54) is 13.0 Å². The van der Waals surface area contributed by atoms with Crippen LogP contribution in [0.4, 0.5) is 4.39 Å². The normalized spacial score (nSPS) is 12.3. The average Bonchev–Trinajstić information content (AvgIpc) is 2.32. The van der Waals surface area contributed by atoms with E-state index in [4.69, 9.17) is 4.74 Å². The van der Waals surface area contributed by atoms with Crippen molar-refractivity contribution in [3.05, 3.63) is 56.7 Å². The largest absolute Gasteiger partial charge is 0.456 e. The van der Waals surface area contributed by atoms with Crippen molar-refractivity contribution in [3.8, 4) is 11.5 Å². The van der Waals surface area contributed by atoms with Crippen molar-refractivity contribution in [2.24, 2.45) is 0 Å². The van der Waals surface area contributed by atoms with E-state index in [-0.39, 0.29) is 5.56 Å². The second-order valence-corrected chi connectivity index (χ2v) is 5.77. The van der Waals surface area contributed by atoms with Crippen molar-refractivity contribution in [1.29, 1.82) is 0 Å². The maximum atomic E-state index is 13.7. The Morgan fingerprint density at radius 3 is 2.53 bits per heavy atom. The summed E-state index contributed by atoms with van der Waals surface area (Å²) in [6.07, 6.45) is -0.939. The first kappa shape index (κ1) is 14.5. The lowest BCUT2D eigenvalue weighted by atomic mass is 10.1. The van der Waals surface area contributed by atoms with Gasteiger partial charge >= 0.3 is 0 Å². The van der Waals surface area contributed by atoms with E-state index in [2.05, 4.69) is 31.9 Å². The average molecular weight is 390 g/mol. The Hall–Kier alpha value is -0.910. The van der Waals surface area contributed by atoms with Crippen LogP contribution in [0, 0.1) is 5.82 Å². The topological polar surface area (TPSA) is 29.5 Å². The van der Waals surface area contributed by atoms with Gasteiger partial charge in [0.05, 0.1) is 16.1 Å². The molecule has 100 valence electrons. The highest BCUT2D eigenvalue weighted by Gasteiger charge is 2.16. The van der Waals surface area contributed by atoms with Crippen LogP contribution in [0.15, 0.2) is 45.3 Å². The third-order valence-electron chi connectivity index (χ3n) is 2.54. The summed E-state index contributed by atoms with van der Waals surface area (Å²) in [7, 11) is 0. The zero-order chi connectivity index (χ0) is 14.0. The number of hydrogen-bond donors (Lipinski definition) is 1. The number of halogens is 3. The minimum atomic E-state index is -0.939. The number of aliphatic hydroxyl groups excluding tert-OH is 1. The van der Waals surface area contributed by atoms with Crippen LogP contribution < -0.4 is 4.74 Å². The molecule has 0 aromatic heterocycles. The smallest absolute Gasteiger partial charge is 0.141 e. The molecule has 2 aromatic rings. The fourth-order valence-corrected chi connectivity index (χ4v) is 2.82. The molecule has 0 fully saturated rings. The maximum Gasteiger partial charge on any atom is 0.141 e. The van der Waals surface area contributed by atoms with Gasteiger partial charge in [0.25, 0.3) is 0 Å². The zero-order valence-corrected chi connectivity index (χ0v) is 13.2. The summed E-state index contributed by atoms with van der Waals surface area (Å²) < 4.78 is 21.0. The second-order valence-electron chi connectivity index (χ2n) is 4.00. The standard InChI is InChI=1S/C14H11Br2FO2/c1-8(18)14-11(17)3-2-4-13(14)19-12-6-5-9(15)7-10(12)16/h2-8,18H,1H3. The first-order valence-electron chi connectivity index (χ1n) is 5.58. The molecule has 1 unspecified atom stereocenters. The zero-order valence-electron chi connectivity index (χ0n) is 10.0. The number of ether oxygens (including phenoxy) is 1. The lowest BCUT2D eigenvalue weighted by Crippen LogP contribution is -2.00. The monoisotopic (exact) mass is 388 g/mol. The molecule has 0 heterocycles. The molecule has 1 atom stereocenters. The Bertz CT molecular complexity index is 600. The van der Waals surface area contributed by atoms with Gasteiger partial charge in [0.1, 0.15) is 17.3 Å². The summed E-state index contributed by atoms with van der Waals surface area (Å²) in [4.78, 5) is 0. The van der Waals surface area contributed by atoms with E-state index in [1.807, 2.05) is 12.1 Å². The second kappa shape index (κ2) is 6.03. The molecule has 2 nitrogen and oxygen atoms in total. The minimum absolute atomic E-state index is 0.150. The van der Waals surface area contributed by atoms with Gasteiger partial charge in [-0.05, 0) is 53.2 Å². The Labute approximate surface area is 127 Å². The van der Waals surface area contributed by atoms with Gasteiger partial charge < -0.3 is 9.84 Å². The van der Waals surface area contributed by atoms with Crippen LogP contribution in [0.2, 0.25) is 0 Å².